The van der Waals surface area contributed by atoms with Crippen LogP contribution in [0.2, 0.25) is 0 Å². The SMILES string of the molecule is CCOc1ccc(CC(C)O)cc1OCC. The van der Waals surface area contributed by atoms with Crippen molar-refractivity contribution in [3.05, 3.63) is 23.8 Å². The molecule has 0 heterocycles. The number of aliphatic hydroxyl groups excluding tert-OH is 1. The van der Waals surface area contributed by atoms with Gasteiger partial charge in [0.15, 0.2) is 11.5 Å². The van der Waals surface area contributed by atoms with Crippen LogP contribution in [0.3, 0.4) is 0 Å². The van der Waals surface area contributed by atoms with E-state index in [1.165, 1.54) is 0 Å². The second-order valence-electron chi connectivity index (χ2n) is 3.70. The van der Waals surface area contributed by atoms with Crippen molar-refractivity contribution in [1.82, 2.24) is 0 Å². The van der Waals surface area contributed by atoms with E-state index in [0.717, 1.165) is 17.1 Å². The quantitative estimate of drug-likeness (QED) is 0.806. The summed E-state index contributed by atoms with van der Waals surface area (Å²) in [5.41, 5.74) is 1.06. The van der Waals surface area contributed by atoms with Gasteiger partial charge < -0.3 is 14.6 Å². The third kappa shape index (κ3) is 3.74. The fraction of sp³-hybridized carbons (Fsp3) is 0.538. The lowest BCUT2D eigenvalue weighted by molar-refractivity contribution is 0.195. The van der Waals surface area contributed by atoms with E-state index in [0.29, 0.717) is 19.6 Å². The summed E-state index contributed by atoms with van der Waals surface area (Å²) in [7, 11) is 0. The van der Waals surface area contributed by atoms with Gasteiger partial charge in [0.1, 0.15) is 0 Å². The fourth-order valence-corrected chi connectivity index (χ4v) is 1.56. The minimum absolute atomic E-state index is 0.340. The van der Waals surface area contributed by atoms with Crippen molar-refractivity contribution >= 4 is 0 Å². The lowest BCUT2D eigenvalue weighted by atomic mass is 10.1. The molecule has 1 unspecified atom stereocenters. The Bertz CT molecular complexity index is 321. The lowest BCUT2D eigenvalue weighted by Gasteiger charge is -2.13. The summed E-state index contributed by atoms with van der Waals surface area (Å²) in [5.74, 6) is 1.51. The van der Waals surface area contributed by atoms with Gasteiger partial charge in [0, 0.05) is 0 Å². The van der Waals surface area contributed by atoms with Crippen molar-refractivity contribution in [2.75, 3.05) is 13.2 Å². The third-order valence-corrected chi connectivity index (χ3v) is 2.14. The highest BCUT2D eigenvalue weighted by Crippen LogP contribution is 2.28. The second-order valence-corrected chi connectivity index (χ2v) is 3.70. The molecule has 1 atom stereocenters. The predicted molar refractivity (Wildman–Crippen MR) is 64.2 cm³/mol. The van der Waals surface area contributed by atoms with Gasteiger partial charge in [-0.15, -0.1) is 0 Å². The van der Waals surface area contributed by atoms with E-state index in [1.807, 2.05) is 32.0 Å². The van der Waals surface area contributed by atoms with E-state index in [4.69, 9.17) is 9.47 Å². The Labute approximate surface area is 97.0 Å². The van der Waals surface area contributed by atoms with Crippen molar-refractivity contribution in [2.45, 2.75) is 33.3 Å². The Morgan fingerprint density at radius 3 is 2.31 bits per heavy atom. The molecule has 0 radical (unpaired) electrons. The molecule has 0 aliphatic carbocycles. The standard InChI is InChI=1S/C13H20O3/c1-4-15-12-7-6-11(8-10(3)14)9-13(12)16-5-2/h6-7,9-10,14H,4-5,8H2,1-3H3. The van der Waals surface area contributed by atoms with Gasteiger partial charge >= 0.3 is 0 Å². The third-order valence-electron chi connectivity index (χ3n) is 2.14. The first kappa shape index (κ1) is 12.8. The summed E-state index contributed by atoms with van der Waals surface area (Å²) in [5, 5.41) is 9.33. The molecule has 1 aromatic rings. The van der Waals surface area contributed by atoms with E-state index in [-0.39, 0.29) is 6.10 Å². The molecule has 16 heavy (non-hydrogen) atoms. The maximum atomic E-state index is 9.33. The number of ether oxygens (including phenoxy) is 2. The summed E-state index contributed by atoms with van der Waals surface area (Å²) in [4.78, 5) is 0. The minimum Gasteiger partial charge on any atom is -0.490 e. The summed E-state index contributed by atoms with van der Waals surface area (Å²) in [6.45, 7) is 6.89. The molecule has 1 N–H and O–H groups in total. The van der Waals surface area contributed by atoms with Crippen molar-refractivity contribution in [3.63, 3.8) is 0 Å². The number of hydrogen-bond donors (Lipinski definition) is 1. The monoisotopic (exact) mass is 224 g/mol. The van der Waals surface area contributed by atoms with E-state index in [1.54, 1.807) is 6.92 Å². The van der Waals surface area contributed by atoms with Gasteiger partial charge in [-0.1, -0.05) is 6.07 Å². The zero-order chi connectivity index (χ0) is 12.0. The van der Waals surface area contributed by atoms with Crippen LogP contribution in [0.1, 0.15) is 26.3 Å². The number of aliphatic hydroxyl groups is 1. The molecule has 0 amide bonds. The molecule has 0 fully saturated rings. The summed E-state index contributed by atoms with van der Waals surface area (Å²) < 4.78 is 11.0. The molecule has 0 saturated heterocycles. The van der Waals surface area contributed by atoms with Crippen LogP contribution in [0, 0.1) is 0 Å². The normalized spacial score (nSPS) is 12.2. The summed E-state index contributed by atoms with van der Waals surface area (Å²) in [6, 6.07) is 5.79. The van der Waals surface area contributed by atoms with Gasteiger partial charge in [0.25, 0.3) is 0 Å². The zero-order valence-electron chi connectivity index (χ0n) is 10.2. The maximum Gasteiger partial charge on any atom is 0.161 e. The van der Waals surface area contributed by atoms with Crippen molar-refractivity contribution < 1.29 is 14.6 Å². The molecular weight excluding hydrogens is 204 g/mol. The van der Waals surface area contributed by atoms with Crippen LogP contribution in [0.25, 0.3) is 0 Å². The van der Waals surface area contributed by atoms with E-state index < -0.39 is 0 Å². The topological polar surface area (TPSA) is 38.7 Å². The van der Waals surface area contributed by atoms with Gasteiger partial charge in [-0.25, -0.2) is 0 Å². The summed E-state index contributed by atoms with van der Waals surface area (Å²) in [6.07, 6.45) is 0.291. The first-order chi connectivity index (χ1) is 7.67. The Morgan fingerprint density at radius 2 is 1.75 bits per heavy atom. The highest BCUT2D eigenvalue weighted by atomic mass is 16.5. The zero-order valence-corrected chi connectivity index (χ0v) is 10.2. The van der Waals surface area contributed by atoms with Gasteiger partial charge in [0.05, 0.1) is 19.3 Å². The first-order valence-electron chi connectivity index (χ1n) is 5.74. The van der Waals surface area contributed by atoms with Crippen LogP contribution in [-0.2, 0) is 6.42 Å². The summed E-state index contributed by atoms with van der Waals surface area (Å²) >= 11 is 0. The minimum atomic E-state index is -0.340. The number of hydrogen-bond acceptors (Lipinski definition) is 3. The van der Waals surface area contributed by atoms with Crippen molar-refractivity contribution in [2.24, 2.45) is 0 Å². The second kappa shape index (κ2) is 6.38. The van der Waals surface area contributed by atoms with Crippen molar-refractivity contribution in [3.8, 4) is 11.5 Å². The molecule has 0 bridgehead atoms. The molecule has 1 aromatic carbocycles. The highest BCUT2D eigenvalue weighted by Gasteiger charge is 2.07. The predicted octanol–water partition coefficient (Wildman–Crippen LogP) is 2.41. The lowest BCUT2D eigenvalue weighted by Crippen LogP contribution is -2.05. The molecule has 90 valence electrons. The van der Waals surface area contributed by atoms with Gasteiger partial charge in [-0.3, -0.25) is 0 Å². The van der Waals surface area contributed by atoms with Crippen LogP contribution in [0.15, 0.2) is 18.2 Å². The van der Waals surface area contributed by atoms with E-state index in [9.17, 15) is 5.11 Å². The molecule has 0 aliphatic rings. The molecular formula is C13H20O3. The van der Waals surface area contributed by atoms with Crippen LogP contribution in [0.4, 0.5) is 0 Å². The van der Waals surface area contributed by atoms with Crippen LogP contribution in [-0.4, -0.2) is 24.4 Å². The molecule has 1 rings (SSSR count). The molecule has 0 aliphatic heterocycles. The van der Waals surface area contributed by atoms with Gasteiger partial charge in [0.2, 0.25) is 0 Å². The number of benzene rings is 1. The molecule has 0 aromatic heterocycles. The highest BCUT2D eigenvalue weighted by molar-refractivity contribution is 5.43. The Hall–Kier alpha value is -1.22. The largest absolute Gasteiger partial charge is 0.490 e. The number of rotatable bonds is 6. The average Bonchev–Trinajstić information content (AvgIpc) is 2.21. The molecule has 3 heteroatoms. The molecule has 0 saturated carbocycles. The van der Waals surface area contributed by atoms with Gasteiger partial charge in [-0.05, 0) is 44.9 Å². The Balaban J connectivity index is 2.87. The molecule has 3 nitrogen and oxygen atoms in total. The smallest absolute Gasteiger partial charge is 0.161 e. The van der Waals surface area contributed by atoms with Crippen LogP contribution in [0.5, 0.6) is 11.5 Å². The maximum absolute atomic E-state index is 9.33. The molecule has 0 spiro atoms. The van der Waals surface area contributed by atoms with Crippen molar-refractivity contribution in [1.29, 1.82) is 0 Å². The Kier molecular flexibility index (Phi) is 5.12. The average molecular weight is 224 g/mol. The van der Waals surface area contributed by atoms with Crippen LogP contribution < -0.4 is 9.47 Å². The fourth-order valence-electron chi connectivity index (χ4n) is 1.56. The van der Waals surface area contributed by atoms with E-state index >= 15 is 0 Å². The van der Waals surface area contributed by atoms with Crippen LogP contribution >= 0.6 is 0 Å². The van der Waals surface area contributed by atoms with E-state index in [2.05, 4.69) is 0 Å². The Morgan fingerprint density at radius 1 is 1.12 bits per heavy atom. The van der Waals surface area contributed by atoms with Gasteiger partial charge in [-0.2, -0.15) is 0 Å². The first-order valence-corrected chi connectivity index (χ1v) is 5.74.